The van der Waals surface area contributed by atoms with Gasteiger partial charge in [-0.2, -0.15) is 0 Å². The van der Waals surface area contributed by atoms with E-state index in [1.165, 1.54) is 0 Å². The van der Waals surface area contributed by atoms with E-state index in [2.05, 4.69) is 25.9 Å². The maximum Gasteiger partial charge on any atom is 0.306 e. The summed E-state index contributed by atoms with van der Waals surface area (Å²) in [5, 5.41) is 0.439. The molecule has 1 aliphatic carbocycles. The van der Waals surface area contributed by atoms with Gasteiger partial charge in [0.1, 0.15) is 15.9 Å². The van der Waals surface area contributed by atoms with Crippen LogP contribution in [0, 0.1) is 5.92 Å². The van der Waals surface area contributed by atoms with Gasteiger partial charge in [0, 0.05) is 24.7 Å². The van der Waals surface area contributed by atoms with E-state index in [4.69, 9.17) is 16.3 Å². The van der Waals surface area contributed by atoms with Crippen molar-refractivity contribution in [1.82, 2.24) is 14.4 Å². The number of hydrogen-bond acceptors (Lipinski definition) is 4. The van der Waals surface area contributed by atoms with Crippen LogP contribution in [0.15, 0.2) is 17.0 Å². The molecule has 118 valence electrons. The first-order chi connectivity index (χ1) is 10.6. The summed E-state index contributed by atoms with van der Waals surface area (Å²) in [6.45, 7) is 2.28. The molecule has 1 fully saturated rings. The number of fused-ring (bicyclic) bond motifs is 1. The lowest BCUT2D eigenvalue weighted by atomic mass is 10.0. The van der Waals surface area contributed by atoms with Crippen LogP contribution in [0.3, 0.4) is 0 Å². The van der Waals surface area contributed by atoms with Gasteiger partial charge in [-0.3, -0.25) is 9.20 Å². The number of nitrogens with zero attached hydrogens (tertiary/aromatic N) is 3. The highest BCUT2D eigenvalue weighted by molar-refractivity contribution is 9.10. The van der Waals surface area contributed by atoms with Gasteiger partial charge in [-0.1, -0.05) is 11.6 Å². The first-order valence-electron chi connectivity index (χ1n) is 7.43. The molecule has 5 nitrogen and oxygen atoms in total. The lowest BCUT2D eigenvalue weighted by Crippen LogP contribution is -2.10. The molecule has 2 heterocycles. The number of halogens is 2. The Balaban J connectivity index is 1.79. The van der Waals surface area contributed by atoms with Crippen molar-refractivity contribution in [3.63, 3.8) is 0 Å². The Kier molecular flexibility index (Phi) is 4.68. The number of ether oxygens (including phenoxy) is 1. The normalized spacial score (nSPS) is 21.4. The van der Waals surface area contributed by atoms with Crippen molar-refractivity contribution in [3.8, 4) is 0 Å². The molecule has 0 amide bonds. The molecule has 7 heteroatoms. The van der Waals surface area contributed by atoms with Gasteiger partial charge >= 0.3 is 5.97 Å². The van der Waals surface area contributed by atoms with Gasteiger partial charge in [-0.15, -0.1) is 0 Å². The molecule has 3 rings (SSSR count). The largest absolute Gasteiger partial charge is 0.466 e. The van der Waals surface area contributed by atoms with E-state index in [9.17, 15) is 4.79 Å². The predicted molar refractivity (Wildman–Crippen MR) is 87.0 cm³/mol. The van der Waals surface area contributed by atoms with E-state index >= 15 is 0 Å². The van der Waals surface area contributed by atoms with Crippen molar-refractivity contribution in [2.45, 2.75) is 38.5 Å². The number of carbonyl (C=O) groups is 1. The van der Waals surface area contributed by atoms with E-state index in [-0.39, 0.29) is 5.97 Å². The molecule has 0 aliphatic heterocycles. The fourth-order valence-electron chi connectivity index (χ4n) is 3.22. The van der Waals surface area contributed by atoms with E-state index in [1.807, 2.05) is 17.5 Å². The van der Waals surface area contributed by atoms with Gasteiger partial charge in [0.25, 0.3) is 0 Å². The Morgan fingerprint density at radius 3 is 3.14 bits per heavy atom. The summed E-state index contributed by atoms with van der Waals surface area (Å²) >= 11 is 9.61. The van der Waals surface area contributed by atoms with Crippen LogP contribution in [0.5, 0.6) is 0 Å². The maximum atomic E-state index is 11.6. The highest BCUT2D eigenvalue weighted by atomic mass is 79.9. The minimum atomic E-state index is -0.102. The zero-order chi connectivity index (χ0) is 15.7. The summed E-state index contributed by atoms with van der Waals surface area (Å²) in [6, 6.07) is 0. The fraction of sp³-hybridized carbons (Fsp3) is 0.533. The van der Waals surface area contributed by atoms with Crippen LogP contribution in [0.2, 0.25) is 5.15 Å². The maximum absolute atomic E-state index is 11.6. The molecule has 22 heavy (non-hydrogen) atoms. The summed E-state index contributed by atoms with van der Waals surface area (Å²) in [7, 11) is 0. The monoisotopic (exact) mass is 385 g/mol. The number of esters is 1. The Morgan fingerprint density at radius 1 is 1.55 bits per heavy atom. The van der Waals surface area contributed by atoms with Crippen LogP contribution < -0.4 is 0 Å². The lowest BCUT2D eigenvalue weighted by Gasteiger charge is -2.10. The smallest absolute Gasteiger partial charge is 0.306 e. The van der Waals surface area contributed by atoms with Crippen LogP contribution in [-0.2, 0) is 9.53 Å². The molecule has 0 aromatic carbocycles. The molecule has 1 aliphatic rings. The van der Waals surface area contributed by atoms with Crippen LogP contribution in [0.1, 0.15) is 44.3 Å². The van der Waals surface area contributed by atoms with Crippen LogP contribution in [0.4, 0.5) is 0 Å². The van der Waals surface area contributed by atoms with Crippen molar-refractivity contribution < 1.29 is 9.53 Å². The van der Waals surface area contributed by atoms with Crippen molar-refractivity contribution in [2.75, 3.05) is 6.61 Å². The zero-order valence-electron chi connectivity index (χ0n) is 12.3. The third-order valence-corrected chi connectivity index (χ3v) is 4.99. The van der Waals surface area contributed by atoms with Crippen LogP contribution in [0.25, 0.3) is 5.52 Å². The second-order valence-electron chi connectivity index (χ2n) is 5.58. The SMILES string of the molecule is CCOC(=O)CC1CCC(c2nc(Br)c3c(Cl)nccn23)C1. The Bertz CT molecular complexity index is 703. The number of rotatable bonds is 4. The zero-order valence-corrected chi connectivity index (χ0v) is 14.6. The first-order valence-corrected chi connectivity index (χ1v) is 8.60. The van der Waals surface area contributed by atoms with Gasteiger partial charge in [0.2, 0.25) is 0 Å². The molecule has 2 aromatic rings. The molecule has 2 aromatic heterocycles. The Labute approximate surface area is 142 Å². The van der Waals surface area contributed by atoms with Gasteiger partial charge < -0.3 is 4.74 Å². The van der Waals surface area contributed by atoms with E-state index in [0.717, 1.165) is 35.2 Å². The van der Waals surface area contributed by atoms with E-state index in [0.29, 0.717) is 30.0 Å². The van der Waals surface area contributed by atoms with Crippen molar-refractivity contribution in [3.05, 3.63) is 28.0 Å². The first kappa shape index (κ1) is 15.7. The van der Waals surface area contributed by atoms with Crippen molar-refractivity contribution in [1.29, 1.82) is 0 Å². The number of carbonyl (C=O) groups excluding carboxylic acids is 1. The number of hydrogen-bond donors (Lipinski definition) is 0. The van der Waals surface area contributed by atoms with E-state index < -0.39 is 0 Å². The van der Waals surface area contributed by atoms with Gasteiger partial charge in [0.05, 0.1) is 6.61 Å². The standard InChI is InChI=1S/C15H17BrClN3O2/c1-2-22-11(21)8-9-3-4-10(7-9)15-19-13(16)12-14(17)18-5-6-20(12)15/h5-6,9-10H,2-4,7-8H2,1H3. The van der Waals surface area contributed by atoms with E-state index in [1.54, 1.807) is 6.20 Å². The highest BCUT2D eigenvalue weighted by Crippen LogP contribution is 2.41. The lowest BCUT2D eigenvalue weighted by molar-refractivity contribution is -0.144. The topological polar surface area (TPSA) is 56.5 Å². The molecule has 0 bridgehead atoms. The second kappa shape index (κ2) is 6.54. The summed E-state index contributed by atoms with van der Waals surface area (Å²) in [5.41, 5.74) is 0.799. The molecule has 0 spiro atoms. The fourth-order valence-corrected chi connectivity index (χ4v) is 4.13. The quantitative estimate of drug-likeness (QED) is 0.746. The molecule has 2 unspecified atom stereocenters. The highest BCUT2D eigenvalue weighted by Gasteiger charge is 2.31. The minimum absolute atomic E-state index is 0.102. The van der Waals surface area contributed by atoms with Crippen molar-refractivity contribution in [2.24, 2.45) is 5.92 Å². The van der Waals surface area contributed by atoms with Crippen LogP contribution >= 0.6 is 27.5 Å². The third-order valence-electron chi connectivity index (χ3n) is 4.16. The van der Waals surface area contributed by atoms with Crippen molar-refractivity contribution >= 4 is 39.0 Å². The summed E-state index contributed by atoms with van der Waals surface area (Å²) in [6.07, 6.45) is 7.05. The van der Waals surface area contributed by atoms with Crippen LogP contribution in [-0.4, -0.2) is 26.9 Å². The van der Waals surface area contributed by atoms with Gasteiger partial charge in [-0.05, 0) is 48.0 Å². The summed E-state index contributed by atoms with van der Waals surface area (Å²) < 4.78 is 7.76. The minimum Gasteiger partial charge on any atom is -0.466 e. The molecular weight excluding hydrogens is 370 g/mol. The predicted octanol–water partition coefficient (Wildman–Crippen LogP) is 3.98. The Morgan fingerprint density at radius 2 is 2.36 bits per heavy atom. The molecule has 1 saturated carbocycles. The second-order valence-corrected chi connectivity index (χ2v) is 6.69. The molecule has 0 saturated heterocycles. The molecule has 2 atom stereocenters. The third kappa shape index (κ3) is 2.99. The average Bonchev–Trinajstić information content (AvgIpc) is 3.05. The number of aromatic nitrogens is 3. The summed E-state index contributed by atoms with van der Waals surface area (Å²) in [4.78, 5) is 20.3. The molecule has 0 N–H and O–H groups in total. The average molecular weight is 387 g/mol. The summed E-state index contributed by atoms with van der Waals surface area (Å²) in [5.74, 6) is 1.58. The molecule has 0 radical (unpaired) electrons. The number of imidazole rings is 1. The van der Waals surface area contributed by atoms with Gasteiger partial charge in [-0.25, -0.2) is 9.97 Å². The van der Waals surface area contributed by atoms with Gasteiger partial charge in [0.15, 0.2) is 5.15 Å². The Hall–Kier alpha value is -1.14. The molecular formula is C15H17BrClN3O2.